The Morgan fingerprint density at radius 2 is 1.75 bits per heavy atom. The van der Waals surface area contributed by atoms with Crippen molar-refractivity contribution in [3.05, 3.63) is 47.7 Å². The van der Waals surface area contributed by atoms with Crippen molar-refractivity contribution in [3.8, 4) is 0 Å². The number of nitrogens with zero attached hydrogens (tertiary/aromatic N) is 2. The lowest BCUT2D eigenvalue weighted by Crippen LogP contribution is -2.50. The number of hydrogen-bond donors (Lipinski definition) is 2. The van der Waals surface area contributed by atoms with E-state index in [0.717, 1.165) is 32.2 Å². The first kappa shape index (κ1) is 25.9. The van der Waals surface area contributed by atoms with Crippen LogP contribution in [0.3, 0.4) is 0 Å². The highest BCUT2D eigenvalue weighted by atomic mass is 16.5. The van der Waals surface area contributed by atoms with Crippen molar-refractivity contribution < 1.29 is 29.3 Å². The number of aliphatic carboxylic acids is 2. The second kappa shape index (κ2) is 10.9. The van der Waals surface area contributed by atoms with Crippen molar-refractivity contribution in [2.75, 3.05) is 13.6 Å². The Bertz CT molecular complexity index is 1140. The minimum absolute atomic E-state index is 0.00385. The van der Waals surface area contributed by atoms with Crippen LogP contribution in [0.2, 0.25) is 0 Å². The number of piperidine rings is 1. The molecular formula is C28H36N2O6. The molecule has 3 atom stereocenters. The average molecular weight is 497 g/mol. The molecule has 0 bridgehead atoms. The maximum absolute atomic E-state index is 12.9. The van der Waals surface area contributed by atoms with Gasteiger partial charge in [-0.15, -0.1) is 0 Å². The molecule has 2 unspecified atom stereocenters. The van der Waals surface area contributed by atoms with Crippen LogP contribution in [-0.4, -0.2) is 63.3 Å². The van der Waals surface area contributed by atoms with Gasteiger partial charge < -0.3 is 24.4 Å². The van der Waals surface area contributed by atoms with E-state index >= 15 is 0 Å². The molecule has 8 heteroatoms. The number of fused-ring (bicyclic) bond motifs is 2. The van der Waals surface area contributed by atoms with Gasteiger partial charge in [0.2, 0.25) is 0 Å². The van der Waals surface area contributed by atoms with E-state index in [-0.39, 0.29) is 18.0 Å². The molecule has 2 N–H and O–H groups in total. The van der Waals surface area contributed by atoms with Crippen LogP contribution >= 0.6 is 0 Å². The number of carbonyl (C=O) groups excluding carboxylic acids is 1. The van der Waals surface area contributed by atoms with Crippen molar-refractivity contribution in [3.63, 3.8) is 0 Å². The Labute approximate surface area is 211 Å². The number of likely N-dealkylation sites (N-methyl/N-ethyl adjacent to an activating group) is 1. The van der Waals surface area contributed by atoms with Crippen molar-refractivity contribution in [1.82, 2.24) is 9.47 Å². The van der Waals surface area contributed by atoms with Gasteiger partial charge in [0.1, 0.15) is 6.10 Å². The van der Waals surface area contributed by atoms with E-state index in [1.54, 1.807) is 0 Å². The summed E-state index contributed by atoms with van der Waals surface area (Å²) in [7, 11) is 2.19. The van der Waals surface area contributed by atoms with Crippen LogP contribution in [0.5, 0.6) is 0 Å². The fourth-order valence-electron chi connectivity index (χ4n) is 6.08. The predicted octanol–water partition coefficient (Wildman–Crippen LogP) is 4.38. The topological polar surface area (TPSA) is 109 Å². The molecule has 2 aliphatic carbocycles. The van der Waals surface area contributed by atoms with E-state index in [9.17, 15) is 14.4 Å². The molecule has 2 heterocycles. The second-order valence-electron chi connectivity index (χ2n) is 10.5. The largest absolute Gasteiger partial charge is 0.478 e. The molecule has 1 aliphatic heterocycles. The van der Waals surface area contributed by atoms with E-state index < -0.39 is 11.9 Å². The molecule has 1 aromatic carbocycles. The Hall–Kier alpha value is -3.13. The molecule has 2 fully saturated rings. The molecule has 1 aromatic heterocycles. The van der Waals surface area contributed by atoms with Crippen LogP contribution in [0.1, 0.15) is 69.0 Å². The van der Waals surface area contributed by atoms with Gasteiger partial charge in [0.05, 0.1) is 5.92 Å². The lowest BCUT2D eigenvalue weighted by molar-refractivity contribution is -0.156. The van der Waals surface area contributed by atoms with Crippen molar-refractivity contribution in [1.29, 1.82) is 0 Å². The van der Waals surface area contributed by atoms with Gasteiger partial charge in [-0.2, -0.15) is 0 Å². The standard InChI is InChI=1S/C24H32N2O2.C4H4O4/c1-15(2)26-14-16-12-22-20(19-9-6-10-21(26)23(16)19)11-17(13-25(22)3)24(27)28-18-7-4-5-8-18;5-3(6)1-2-4(7)8/h6,9-10,14-15,17-18,20,22H,4-5,7-8,11-13H2,1-3H3;1-2H,(H,5,6)(H,7,8)/b;2-1-/t17-,20?,22?;/m1./s1. The van der Waals surface area contributed by atoms with Crippen molar-refractivity contribution >= 4 is 28.8 Å². The number of rotatable bonds is 5. The minimum atomic E-state index is -1.26. The van der Waals surface area contributed by atoms with Crippen LogP contribution in [0, 0.1) is 5.92 Å². The monoisotopic (exact) mass is 496 g/mol. The molecular weight excluding hydrogens is 460 g/mol. The summed E-state index contributed by atoms with van der Waals surface area (Å²) in [6, 6.07) is 7.69. The number of hydrogen-bond acceptors (Lipinski definition) is 5. The van der Waals surface area contributed by atoms with Crippen LogP contribution < -0.4 is 0 Å². The van der Waals surface area contributed by atoms with Crippen LogP contribution in [0.25, 0.3) is 10.9 Å². The molecule has 3 aliphatic rings. The molecule has 8 nitrogen and oxygen atoms in total. The third-order valence-corrected chi connectivity index (χ3v) is 7.72. The number of carbonyl (C=O) groups is 3. The highest BCUT2D eigenvalue weighted by Gasteiger charge is 2.42. The van der Waals surface area contributed by atoms with Crippen LogP contribution in [0.15, 0.2) is 36.5 Å². The third kappa shape index (κ3) is 5.48. The first-order chi connectivity index (χ1) is 17.2. The molecule has 0 amide bonds. The summed E-state index contributed by atoms with van der Waals surface area (Å²) < 4.78 is 8.30. The fraction of sp³-hybridized carbons (Fsp3) is 0.536. The number of carboxylic acids is 2. The number of ether oxygens (including phenoxy) is 1. The normalized spacial score (nSPS) is 23.9. The zero-order valence-corrected chi connectivity index (χ0v) is 21.2. The number of carboxylic acid groups (broad SMARTS) is 2. The van der Waals surface area contributed by atoms with Gasteiger partial charge in [-0.25, -0.2) is 9.59 Å². The number of benzene rings is 1. The van der Waals surface area contributed by atoms with E-state index in [1.807, 2.05) is 0 Å². The van der Waals surface area contributed by atoms with Gasteiger partial charge in [0, 0.05) is 53.8 Å². The summed E-state index contributed by atoms with van der Waals surface area (Å²) >= 11 is 0. The van der Waals surface area contributed by atoms with Gasteiger partial charge in [0.25, 0.3) is 0 Å². The van der Waals surface area contributed by atoms with Gasteiger partial charge >= 0.3 is 17.9 Å². The zero-order chi connectivity index (χ0) is 26.0. The molecule has 5 rings (SSSR count). The fourth-order valence-corrected chi connectivity index (χ4v) is 6.08. The molecule has 2 aromatic rings. The quantitative estimate of drug-likeness (QED) is 0.467. The second-order valence-corrected chi connectivity index (χ2v) is 10.5. The lowest BCUT2D eigenvalue weighted by Gasteiger charge is -2.45. The molecule has 0 radical (unpaired) electrons. The summed E-state index contributed by atoms with van der Waals surface area (Å²) in [6.07, 6.45) is 10.1. The number of aromatic nitrogens is 1. The SMILES string of the molecule is CC(C)n1cc2c3c(cccc31)C1C[C@@H](C(=O)OC3CCCC3)CN(C)C1C2.O=C(O)/C=C\C(=O)O. The molecule has 1 saturated carbocycles. The maximum Gasteiger partial charge on any atom is 0.328 e. The highest BCUT2D eigenvalue weighted by molar-refractivity contribution is 5.90. The van der Waals surface area contributed by atoms with Gasteiger partial charge in [-0.1, -0.05) is 12.1 Å². The Kier molecular flexibility index (Phi) is 7.83. The van der Waals surface area contributed by atoms with E-state index in [1.165, 1.54) is 34.9 Å². The first-order valence-electron chi connectivity index (χ1n) is 12.8. The summed E-state index contributed by atoms with van der Waals surface area (Å²) in [6.45, 7) is 5.33. The van der Waals surface area contributed by atoms with Gasteiger partial charge in [-0.05, 0) is 76.6 Å². The number of likely N-dealkylation sites (tertiary alicyclic amines) is 1. The molecule has 194 valence electrons. The predicted molar refractivity (Wildman–Crippen MR) is 136 cm³/mol. The molecule has 0 spiro atoms. The molecule has 36 heavy (non-hydrogen) atoms. The van der Waals surface area contributed by atoms with Crippen LogP contribution in [0.4, 0.5) is 0 Å². The maximum atomic E-state index is 12.9. The van der Waals surface area contributed by atoms with Crippen molar-refractivity contribution in [2.45, 2.75) is 76.5 Å². The van der Waals surface area contributed by atoms with E-state index in [2.05, 4.69) is 54.8 Å². The smallest absolute Gasteiger partial charge is 0.328 e. The summed E-state index contributed by atoms with van der Waals surface area (Å²) in [5.41, 5.74) is 4.26. The van der Waals surface area contributed by atoms with Crippen molar-refractivity contribution in [2.24, 2.45) is 5.92 Å². The summed E-state index contributed by atoms with van der Waals surface area (Å²) in [4.78, 5) is 34.4. The molecule has 1 saturated heterocycles. The number of esters is 1. The van der Waals surface area contributed by atoms with Gasteiger partial charge in [0.15, 0.2) is 0 Å². The third-order valence-electron chi connectivity index (χ3n) is 7.72. The first-order valence-corrected chi connectivity index (χ1v) is 12.8. The Morgan fingerprint density at radius 1 is 1.08 bits per heavy atom. The minimum Gasteiger partial charge on any atom is -0.478 e. The summed E-state index contributed by atoms with van der Waals surface area (Å²) in [5.74, 6) is -2.07. The Balaban J connectivity index is 0.000000331. The van der Waals surface area contributed by atoms with E-state index in [4.69, 9.17) is 14.9 Å². The van der Waals surface area contributed by atoms with Gasteiger partial charge in [-0.3, -0.25) is 4.79 Å². The Morgan fingerprint density at radius 3 is 2.36 bits per heavy atom. The average Bonchev–Trinajstić information content (AvgIpc) is 3.47. The van der Waals surface area contributed by atoms with Crippen LogP contribution in [-0.2, 0) is 25.5 Å². The lowest BCUT2D eigenvalue weighted by atomic mass is 9.72. The zero-order valence-electron chi connectivity index (χ0n) is 21.2. The summed E-state index contributed by atoms with van der Waals surface area (Å²) in [5, 5.41) is 17.1. The van der Waals surface area contributed by atoms with E-state index in [0.29, 0.717) is 30.2 Å². The highest BCUT2D eigenvalue weighted by Crippen LogP contribution is 2.45.